The van der Waals surface area contributed by atoms with Crippen molar-refractivity contribution in [3.05, 3.63) is 0 Å². The van der Waals surface area contributed by atoms with Crippen LogP contribution in [0.4, 0.5) is 0 Å². The van der Waals surface area contributed by atoms with Gasteiger partial charge in [0, 0.05) is 0 Å². The van der Waals surface area contributed by atoms with Gasteiger partial charge in [0.25, 0.3) is 0 Å². The molecule has 0 fully saturated rings. The lowest BCUT2D eigenvalue weighted by Gasteiger charge is -2.06. The van der Waals surface area contributed by atoms with Crippen LogP contribution in [0.25, 0.3) is 0 Å². The third-order valence-electron chi connectivity index (χ3n) is 6.09. The van der Waals surface area contributed by atoms with Gasteiger partial charge >= 0.3 is 0 Å². The largest absolute Gasteiger partial charge is 0.317 e. The molecular weight excluding hydrogens is 352 g/mol. The minimum atomic E-state index is 1.17. The third-order valence-corrected chi connectivity index (χ3v) is 6.09. The fourth-order valence-corrected chi connectivity index (χ4v) is 4.09. The van der Waals surface area contributed by atoms with Crippen molar-refractivity contribution < 1.29 is 0 Å². The molecule has 0 radical (unpaired) electrons. The van der Waals surface area contributed by atoms with Crippen LogP contribution in [-0.4, -0.2) is 26.2 Å². The standard InChI is InChI=1S/C27H58N2/c1-3-5-6-7-8-9-10-11-12-13-14-15-16-17-18-19-20-21-22-25-29-27-23-26-28-24-4-2/h28-29H,3-27H2,1-2H3. The van der Waals surface area contributed by atoms with Crippen LogP contribution in [0.5, 0.6) is 0 Å². The van der Waals surface area contributed by atoms with Crippen LogP contribution in [0.3, 0.4) is 0 Å². The van der Waals surface area contributed by atoms with Gasteiger partial charge < -0.3 is 10.6 Å². The number of nitrogens with one attached hydrogen (secondary N) is 2. The Hall–Kier alpha value is -0.0800. The molecule has 0 aliphatic heterocycles. The Kier molecular flexibility index (Phi) is 27.8. The van der Waals surface area contributed by atoms with Crippen molar-refractivity contribution in [2.45, 2.75) is 149 Å². The van der Waals surface area contributed by atoms with Gasteiger partial charge in [0.05, 0.1) is 0 Å². The number of hydrogen-bond donors (Lipinski definition) is 2. The molecular formula is C27H58N2. The summed E-state index contributed by atoms with van der Waals surface area (Å²) in [7, 11) is 0. The molecule has 0 saturated heterocycles. The molecule has 2 nitrogen and oxygen atoms in total. The van der Waals surface area contributed by atoms with Crippen LogP contribution in [0.15, 0.2) is 0 Å². The maximum atomic E-state index is 3.58. The maximum absolute atomic E-state index is 3.58. The molecule has 0 aromatic heterocycles. The predicted molar refractivity (Wildman–Crippen MR) is 134 cm³/mol. The number of hydrogen-bond acceptors (Lipinski definition) is 2. The minimum Gasteiger partial charge on any atom is -0.317 e. The monoisotopic (exact) mass is 410 g/mol. The SMILES string of the molecule is CCCCCCCCCCCCCCCCCCCCCNCCCNCCC. The van der Waals surface area contributed by atoms with Gasteiger partial charge in [-0.25, -0.2) is 0 Å². The van der Waals surface area contributed by atoms with Crippen LogP contribution in [0, 0.1) is 0 Å². The van der Waals surface area contributed by atoms with Gasteiger partial charge in [-0.05, 0) is 45.4 Å². The summed E-state index contributed by atoms with van der Waals surface area (Å²) in [6.07, 6.45) is 30.2. The van der Waals surface area contributed by atoms with Crippen molar-refractivity contribution in [2.75, 3.05) is 26.2 Å². The first-order chi connectivity index (χ1) is 14.4. The molecule has 0 aliphatic rings. The molecule has 0 amide bonds. The second-order valence-corrected chi connectivity index (χ2v) is 9.22. The van der Waals surface area contributed by atoms with E-state index in [1.165, 1.54) is 161 Å². The molecule has 0 heterocycles. The lowest BCUT2D eigenvalue weighted by Crippen LogP contribution is -2.23. The molecule has 0 saturated carbocycles. The lowest BCUT2D eigenvalue weighted by molar-refractivity contribution is 0.519. The molecule has 29 heavy (non-hydrogen) atoms. The van der Waals surface area contributed by atoms with E-state index < -0.39 is 0 Å². The Labute approximate surface area is 185 Å². The average Bonchev–Trinajstić information content (AvgIpc) is 2.74. The molecule has 0 atom stereocenters. The third kappa shape index (κ3) is 27.9. The van der Waals surface area contributed by atoms with E-state index in [0.717, 1.165) is 0 Å². The molecule has 176 valence electrons. The zero-order valence-corrected chi connectivity index (χ0v) is 20.7. The zero-order valence-electron chi connectivity index (χ0n) is 20.7. The van der Waals surface area contributed by atoms with E-state index in [2.05, 4.69) is 24.5 Å². The topological polar surface area (TPSA) is 24.1 Å². The average molecular weight is 411 g/mol. The number of rotatable bonds is 26. The van der Waals surface area contributed by atoms with E-state index in [9.17, 15) is 0 Å². The molecule has 0 unspecified atom stereocenters. The molecule has 0 aromatic carbocycles. The molecule has 0 bridgehead atoms. The van der Waals surface area contributed by atoms with Gasteiger partial charge in [-0.2, -0.15) is 0 Å². The van der Waals surface area contributed by atoms with Crippen LogP contribution in [0.2, 0.25) is 0 Å². The lowest BCUT2D eigenvalue weighted by atomic mass is 10.0. The normalized spacial score (nSPS) is 11.4. The zero-order chi connectivity index (χ0) is 21.1. The quantitative estimate of drug-likeness (QED) is 0.140. The molecule has 0 rings (SSSR count). The van der Waals surface area contributed by atoms with Crippen LogP contribution in [0.1, 0.15) is 149 Å². The van der Waals surface area contributed by atoms with Crippen LogP contribution in [-0.2, 0) is 0 Å². The van der Waals surface area contributed by atoms with Crippen molar-refractivity contribution in [3.63, 3.8) is 0 Å². The summed E-state index contributed by atoms with van der Waals surface area (Å²) in [5.41, 5.74) is 0. The molecule has 2 N–H and O–H groups in total. The summed E-state index contributed by atoms with van der Waals surface area (Å²) >= 11 is 0. The minimum absolute atomic E-state index is 1.17. The first-order valence-electron chi connectivity index (χ1n) is 13.8. The number of unbranched alkanes of at least 4 members (excludes halogenated alkanes) is 18. The smallest absolute Gasteiger partial charge is 0.00368 e. The first-order valence-corrected chi connectivity index (χ1v) is 13.8. The maximum Gasteiger partial charge on any atom is -0.00368 e. The van der Waals surface area contributed by atoms with Crippen molar-refractivity contribution >= 4 is 0 Å². The Morgan fingerprint density at radius 3 is 0.966 bits per heavy atom. The van der Waals surface area contributed by atoms with Crippen molar-refractivity contribution in [2.24, 2.45) is 0 Å². The van der Waals surface area contributed by atoms with E-state index >= 15 is 0 Å². The predicted octanol–water partition coefficient (Wildman–Crippen LogP) is 8.40. The molecule has 2 heteroatoms. The van der Waals surface area contributed by atoms with Gasteiger partial charge in [-0.15, -0.1) is 0 Å². The van der Waals surface area contributed by atoms with E-state index in [4.69, 9.17) is 0 Å². The van der Waals surface area contributed by atoms with E-state index in [0.29, 0.717) is 0 Å². The van der Waals surface area contributed by atoms with E-state index in [-0.39, 0.29) is 0 Å². The summed E-state index contributed by atoms with van der Waals surface area (Å²) in [5, 5.41) is 7.04. The van der Waals surface area contributed by atoms with Gasteiger partial charge in [0.15, 0.2) is 0 Å². The van der Waals surface area contributed by atoms with Gasteiger partial charge in [-0.3, -0.25) is 0 Å². The Balaban J connectivity index is 2.97. The molecule has 0 aromatic rings. The Morgan fingerprint density at radius 1 is 0.276 bits per heavy atom. The second-order valence-electron chi connectivity index (χ2n) is 9.22. The van der Waals surface area contributed by atoms with Crippen LogP contribution >= 0.6 is 0 Å². The highest BCUT2D eigenvalue weighted by molar-refractivity contribution is 4.54. The summed E-state index contributed by atoms with van der Waals surface area (Å²) in [4.78, 5) is 0. The van der Waals surface area contributed by atoms with Gasteiger partial charge in [0.2, 0.25) is 0 Å². The van der Waals surface area contributed by atoms with Gasteiger partial charge in [0.1, 0.15) is 0 Å². The highest BCUT2D eigenvalue weighted by atomic mass is 14.9. The van der Waals surface area contributed by atoms with Crippen molar-refractivity contribution in [3.8, 4) is 0 Å². The van der Waals surface area contributed by atoms with E-state index in [1.807, 2.05) is 0 Å². The van der Waals surface area contributed by atoms with Crippen molar-refractivity contribution in [1.29, 1.82) is 0 Å². The second kappa shape index (κ2) is 27.9. The van der Waals surface area contributed by atoms with Crippen molar-refractivity contribution in [1.82, 2.24) is 10.6 Å². The fourth-order valence-electron chi connectivity index (χ4n) is 4.09. The molecule has 0 aliphatic carbocycles. The first kappa shape index (κ1) is 28.9. The summed E-state index contributed by atoms with van der Waals surface area (Å²) in [6, 6.07) is 0. The fraction of sp³-hybridized carbons (Fsp3) is 1.00. The highest BCUT2D eigenvalue weighted by Gasteiger charge is 1.95. The van der Waals surface area contributed by atoms with Gasteiger partial charge in [-0.1, -0.05) is 129 Å². The summed E-state index contributed by atoms with van der Waals surface area (Å²) < 4.78 is 0. The highest BCUT2D eigenvalue weighted by Crippen LogP contribution is 2.14. The Morgan fingerprint density at radius 2 is 0.586 bits per heavy atom. The van der Waals surface area contributed by atoms with Crippen LogP contribution < -0.4 is 10.6 Å². The van der Waals surface area contributed by atoms with E-state index in [1.54, 1.807) is 0 Å². The summed E-state index contributed by atoms with van der Waals surface area (Å²) in [5.74, 6) is 0. The summed E-state index contributed by atoms with van der Waals surface area (Å²) in [6.45, 7) is 9.25. The molecule has 0 spiro atoms. The Bertz CT molecular complexity index is 241.